The zero-order chi connectivity index (χ0) is 14.1. The van der Waals surface area contributed by atoms with Crippen molar-refractivity contribution in [1.82, 2.24) is 4.98 Å². The van der Waals surface area contributed by atoms with Gasteiger partial charge in [0.2, 0.25) is 0 Å². The lowest BCUT2D eigenvalue weighted by Gasteiger charge is -2.30. The number of benzene rings is 1. The van der Waals surface area contributed by atoms with Crippen LogP contribution in [-0.4, -0.2) is 4.98 Å². The highest BCUT2D eigenvalue weighted by Gasteiger charge is 2.29. The predicted molar refractivity (Wildman–Crippen MR) is 86.0 cm³/mol. The van der Waals surface area contributed by atoms with Gasteiger partial charge in [-0.15, -0.1) is 0 Å². The number of rotatable bonds is 2. The summed E-state index contributed by atoms with van der Waals surface area (Å²) in [7, 11) is 0. The van der Waals surface area contributed by atoms with E-state index in [1.807, 2.05) is 30.5 Å². The molecule has 1 heterocycles. The minimum absolute atomic E-state index is 0.117. The number of halogens is 2. The first-order chi connectivity index (χ1) is 9.68. The Labute approximate surface area is 132 Å². The van der Waals surface area contributed by atoms with Crippen LogP contribution in [0.5, 0.6) is 0 Å². The molecule has 20 heavy (non-hydrogen) atoms. The number of hydrogen-bond acceptors (Lipinski definition) is 2. The molecule has 2 atom stereocenters. The molecule has 2 unspecified atom stereocenters. The van der Waals surface area contributed by atoms with Crippen LogP contribution in [0.2, 0.25) is 5.02 Å². The fourth-order valence-electron chi connectivity index (χ4n) is 2.99. The van der Waals surface area contributed by atoms with E-state index in [1.165, 1.54) is 5.56 Å². The summed E-state index contributed by atoms with van der Waals surface area (Å²) in [5, 5.41) is 0.711. The third-order valence-electron chi connectivity index (χ3n) is 4.01. The Kier molecular flexibility index (Phi) is 4.11. The van der Waals surface area contributed by atoms with Gasteiger partial charge in [-0.1, -0.05) is 29.8 Å². The second kappa shape index (κ2) is 5.84. The number of aryl methyl sites for hydroxylation is 1. The van der Waals surface area contributed by atoms with Crippen LogP contribution in [0.15, 0.2) is 41.0 Å². The summed E-state index contributed by atoms with van der Waals surface area (Å²) in [5.41, 5.74) is 9.96. The Hall–Kier alpha value is -0.900. The first-order valence-electron chi connectivity index (χ1n) is 6.81. The maximum absolute atomic E-state index is 6.51. The summed E-state index contributed by atoms with van der Waals surface area (Å²) in [6, 6.07) is 9.96. The number of pyridine rings is 1. The summed E-state index contributed by atoms with van der Waals surface area (Å²) in [4.78, 5) is 4.56. The van der Waals surface area contributed by atoms with Gasteiger partial charge in [0.25, 0.3) is 0 Å². The van der Waals surface area contributed by atoms with E-state index in [0.717, 1.165) is 35.0 Å². The van der Waals surface area contributed by atoms with E-state index in [9.17, 15) is 0 Å². The van der Waals surface area contributed by atoms with Crippen LogP contribution in [0.4, 0.5) is 0 Å². The molecule has 1 aliphatic rings. The van der Waals surface area contributed by atoms with Gasteiger partial charge in [-0.3, -0.25) is 4.98 Å². The predicted octanol–water partition coefficient (Wildman–Crippen LogP) is 4.62. The SMILES string of the molecule is NC(c1cccc(Br)c1Cl)C1CCCc2cccnc21. The number of nitrogens with two attached hydrogens (primary N) is 1. The summed E-state index contributed by atoms with van der Waals surface area (Å²) in [6.07, 6.45) is 5.17. The van der Waals surface area contributed by atoms with E-state index in [2.05, 4.69) is 27.0 Å². The molecule has 1 aromatic carbocycles. The van der Waals surface area contributed by atoms with E-state index < -0.39 is 0 Å². The first-order valence-corrected chi connectivity index (χ1v) is 7.99. The van der Waals surface area contributed by atoms with Crippen LogP contribution in [0.3, 0.4) is 0 Å². The van der Waals surface area contributed by atoms with Crippen LogP contribution >= 0.6 is 27.5 Å². The number of aromatic nitrogens is 1. The van der Waals surface area contributed by atoms with E-state index in [1.54, 1.807) is 0 Å². The molecular formula is C16H16BrClN2. The molecule has 2 aromatic rings. The normalized spacial score (nSPS) is 19.4. The van der Waals surface area contributed by atoms with Crippen molar-refractivity contribution < 1.29 is 0 Å². The van der Waals surface area contributed by atoms with Crippen LogP contribution < -0.4 is 5.73 Å². The monoisotopic (exact) mass is 350 g/mol. The topological polar surface area (TPSA) is 38.9 Å². The van der Waals surface area contributed by atoms with E-state index in [0.29, 0.717) is 5.02 Å². The minimum Gasteiger partial charge on any atom is -0.323 e. The fourth-order valence-corrected chi connectivity index (χ4v) is 3.62. The van der Waals surface area contributed by atoms with Gasteiger partial charge < -0.3 is 5.73 Å². The van der Waals surface area contributed by atoms with E-state index >= 15 is 0 Å². The van der Waals surface area contributed by atoms with Crippen molar-refractivity contribution in [3.05, 3.63) is 62.8 Å². The highest BCUT2D eigenvalue weighted by molar-refractivity contribution is 9.10. The highest BCUT2D eigenvalue weighted by Crippen LogP contribution is 2.41. The second-order valence-electron chi connectivity index (χ2n) is 5.22. The van der Waals surface area contributed by atoms with Gasteiger partial charge in [-0.05, 0) is 58.5 Å². The van der Waals surface area contributed by atoms with Crippen LogP contribution in [0.1, 0.15) is 41.6 Å². The van der Waals surface area contributed by atoms with Crippen LogP contribution in [0.25, 0.3) is 0 Å². The lowest BCUT2D eigenvalue weighted by atomic mass is 9.80. The van der Waals surface area contributed by atoms with Crippen molar-refractivity contribution in [3.8, 4) is 0 Å². The van der Waals surface area contributed by atoms with Crippen molar-refractivity contribution in [2.24, 2.45) is 5.73 Å². The first kappa shape index (κ1) is 14.1. The molecular weight excluding hydrogens is 336 g/mol. The van der Waals surface area contributed by atoms with Gasteiger partial charge in [0, 0.05) is 28.3 Å². The molecule has 2 N–H and O–H groups in total. The minimum atomic E-state index is -0.117. The molecule has 104 valence electrons. The number of fused-ring (bicyclic) bond motifs is 1. The third kappa shape index (κ3) is 2.50. The maximum Gasteiger partial charge on any atom is 0.0596 e. The quantitative estimate of drug-likeness (QED) is 0.857. The van der Waals surface area contributed by atoms with Gasteiger partial charge >= 0.3 is 0 Å². The molecule has 0 radical (unpaired) electrons. The molecule has 1 aromatic heterocycles. The largest absolute Gasteiger partial charge is 0.323 e. The standard InChI is InChI=1S/C16H16BrClN2/c17-13-8-2-6-11(14(13)18)15(19)12-7-1-4-10-5-3-9-20-16(10)12/h2-3,5-6,8-9,12,15H,1,4,7,19H2. The Balaban J connectivity index is 2.00. The molecule has 0 bridgehead atoms. The summed E-state index contributed by atoms with van der Waals surface area (Å²) < 4.78 is 0.893. The third-order valence-corrected chi connectivity index (χ3v) is 5.32. The van der Waals surface area contributed by atoms with Gasteiger partial charge in [-0.25, -0.2) is 0 Å². The Morgan fingerprint density at radius 2 is 2.15 bits per heavy atom. The summed E-state index contributed by atoms with van der Waals surface area (Å²) >= 11 is 9.85. The molecule has 4 heteroatoms. The number of hydrogen-bond donors (Lipinski definition) is 1. The van der Waals surface area contributed by atoms with Crippen molar-refractivity contribution in [1.29, 1.82) is 0 Å². The molecule has 0 amide bonds. The van der Waals surface area contributed by atoms with Crippen molar-refractivity contribution in [2.45, 2.75) is 31.2 Å². The Morgan fingerprint density at radius 1 is 1.30 bits per heavy atom. The Bertz CT molecular complexity index is 630. The second-order valence-corrected chi connectivity index (χ2v) is 6.45. The van der Waals surface area contributed by atoms with Crippen molar-refractivity contribution in [3.63, 3.8) is 0 Å². The molecule has 0 fully saturated rings. The summed E-state index contributed by atoms with van der Waals surface area (Å²) in [5.74, 6) is 0.242. The molecule has 0 aliphatic heterocycles. The molecule has 2 nitrogen and oxygen atoms in total. The van der Waals surface area contributed by atoms with E-state index in [-0.39, 0.29) is 12.0 Å². The van der Waals surface area contributed by atoms with Crippen LogP contribution in [0, 0.1) is 0 Å². The Morgan fingerprint density at radius 3 is 3.00 bits per heavy atom. The van der Waals surface area contributed by atoms with Crippen molar-refractivity contribution >= 4 is 27.5 Å². The lowest BCUT2D eigenvalue weighted by molar-refractivity contribution is 0.463. The average Bonchev–Trinajstić information content (AvgIpc) is 2.49. The van der Waals surface area contributed by atoms with Gasteiger partial charge in [0.15, 0.2) is 0 Å². The van der Waals surface area contributed by atoms with Crippen molar-refractivity contribution in [2.75, 3.05) is 0 Å². The van der Waals surface area contributed by atoms with Gasteiger partial charge in [-0.2, -0.15) is 0 Å². The van der Waals surface area contributed by atoms with Gasteiger partial charge in [0.1, 0.15) is 0 Å². The van der Waals surface area contributed by atoms with Gasteiger partial charge in [0.05, 0.1) is 5.02 Å². The lowest BCUT2D eigenvalue weighted by Crippen LogP contribution is -2.25. The molecule has 1 aliphatic carbocycles. The zero-order valence-electron chi connectivity index (χ0n) is 11.0. The maximum atomic E-state index is 6.51. The highest BCUT2D eigenvalue weighted by atomic mass is 79.9. The molecule has 0 saturated heterocycles. The zero-order valence-corrected chi connectivity index (χ0v) is 13.4. The average molecular weight is 352 g/mol. The van der Waals surface area contributed by atoms with E-state index in [4.69, 9.17) is 17.3 Å². The smallest absolute Gasteiger partial charge is 0.0596 e. The summed E-state index contributed by atoms with van der Waals surface area (Å²) in [6.45, 7) is 0. The van der Waals surface area contributed by atoms with Crippen LogP contribution in [-0.2, 0) is 6.42 Å². The molecule has 0 saturated carbocycles. The fraction of sp³-hybridized carbons (Fsp3) is 0.312. The molecule has 0 spiro atoms. The molecule has 3 rings (SSSR count). The number of nitrogens with zero attached hydrogens (tertiary/aromatic N) is 1.